The lowest BCUT2D eigenvalue weighted by molar-refractivity contribution is 0.192. The average Bonchev–Trinajstić information content (AvgIpc) is 3.06. The summed E-state index contributed by atoms with van der Waals surface area (Å²) >= 11 is 0.993. The molecule has 0 spiro atoms. The number of nitrogens with zero attached hydrogens (tertiary/aromatic N) is 4. The number of aliphatic hydroxyl groups is 1. The van der Waals surface area contributed by atoms with Gasteiger partial charge < -0.3 is 20.6 Å². The number of hydrogen-bond donors (Lipinski definition) is 3. The highest BCUT2D eigenvalue weighted by Gasteiger charge is 2.26. The molecule has 2 aliphatic heterocycles. The van der Waals surface area contributed by atoms with Crippen LogP contribution in [0.25, 0.3) is 6.08 Å². The number of pyridine rings is 1. The minimum Gasteiger partial charge on any atom is -0.369 e. The third-order valence-electron chi connectivity index (χ3n) is 5.10. The molecule has 2 saturated heterocycles. The second-order valence-corrected chi connectivity index (χ2v) is 8.23. The summed E-state index contributed by atoms with van der Waals surface area (Å²) in [6.45, 7) is 3.70. The van der Waals surface area contributed by atoms with Crippen molar-refractivity contribution in [3.63, 3.8) is 0 Å². The first-order valence-corrected chi connectivity index (χ1v) is 10.5. The lowest BCUT2D eigenvalue weighted by Gasteiger charge is -2.32. The molecule has 0 aliphatic carbocycles. The Morgan fingerprint density at radius 2 is 2.03 bits per heavy atom. The topological polar surface area (TPSA) is 103 Å². The molecule has 1 atom stereocenters. The highest BCUT2D eigenvalue weighted by atomic mass is 32.2. The Morgan fingerprint density at radius 1 is 1.24 bits per heavy atom. The van der Waals surface area contributed by atoms with E-state index < -0.39 is 6.23 Å². The van der Waals surface area contributed by atoms with E-state index in [1.807, 2.05) is 24.5 Å². The van der Waals surface area contributed by atoms with E-state index in [0.717, 1.165) is 50.8 Å². The molecular formula is C20H24N6O2S. The lowest BCUT2D eigenvalue weighted by Crippen LogP contribution is -2.38. The molecule has 0 saturated carbocycles. The van der Waals surface area contributed by atoms with E-state index in [2.05, 4.69) is 30.5 Å². The second-order valence-electron chi connectivity index (χ2n) is 7.18. The molecule has 2 aromatic rings. The number of nitrogens with one attached hydrogen (secondary N) is 2. The van der Waals surface area contributed by atoms with Crippen LogP contribution in [0.15, 0.2) is 41.7 Å². The van der Waals surface area contributed by atoms with E-state index in [-0.39, 0.29) is 5.24 Å². The molecule has 9 heteroatoms. The minimum absolute atomic E-state index is 0.252. The van der Waals surface area contributed by atoms with Crippen LogP contribution in [0, 0.1) is 5.92 Å². The molecule has 29 heavy (non-hydrogen) atoms. The number of aromatic nitrogens is 3. The molecule has 1 amide bonds. The van der Waals surface area contributed by atoms with Crippen molar-refractivity contribution in [2.45, 2.75) is 25.6 Å². The van der Waals surface area contributed by atoms with Gasteiger partial charge in [-0.2, -0.15) is 0 Å². The van der Waals surface area contributed by atoms with Crippen LogP contribution in [0.5, 0.6) is 0 Å². The first kappa shape index (κ1) is 19.8. The number of amides is 1. The summed E-state index contributed by atoms with van der Waals surface area (Å²) in [6.07, 6.45) is 8.31. The van der Waals surface area contributed by atoms with E-state index in [4.69, 9.17) is 0 Å². The number of thioether (sulfide) groups is 1. The Labute approximate surface area is 173 Å². The van der Waals surface area contributed by atoms with Crippen LogP contribution in [0.2, 0.25) is 0 Å². The zero-order valence-corrected chi connectivity index (χ0v) is 16.8. The second kappa shape index (κ2) is 9.34. The van der Waals surface area contributed by atoms with Gasteiger partial charge in [0.15, 0.2) is 6.23 Å². The van der Waals surface area contributed by atoms with Crippen molar-refractivity contribution in [1.29, 1.82) is 0 Å². The molecule has 0 radical (unpaired) electrons. The Morgan fingerprint density at radius 3 is 2.76 bits per heavy atom. The Kier molecular flexibility index (Phi) is 6.38. The third-order valence-corrected chi connectivity index (χ3v) is 5.98. The molecule has 2 fully saturated rings. The Balaban J connectivity index is 1.28. The maximum absolute atomic E-state index is 11.4. The fourth-order valence-corrected chi connectivity index (χ4v) is 4.22. The monoisotopic (exact) mass is 412 g/mol. The third kappa shape index (κ3) is 5.31. The minimum atomic E-state index is -0.957. The molecule has 4 rings (SSSR count). The van der Waals surface area contributed by atoms with Crippen LogP contribution in [-0.2, 0) is 6.54 Å². The number of carbonyl (C=O) groups is 1. The summed E-state index contributed by atoms with van der Waals surface area (Å²) in [5.41, 5.74) is 1.94. The van der Waals surface area contributed by atoms with Gasteiger partial charge in [0.1, 0.15) is 0 Å². The van der Waals surface area contributed by atoms with Crippen LogP contribution >= 0.6 is 11.8 Å². The zero-order chi connectivity index (χ0) is 20.1. The maximum atomic E-state index is 11.4. The standard InChI is InChI=1S/C20H24N6O2S/c27-18-17(29-20(28)25-18)11-16-3-8-23-19(24-16)26-9-4-15(5-10-26)13-22-12-14-1-6-21-7-2-14/h1-3,6-8,11,15,18,22,27H,4-5,9-10,12-13H2,(H,25,28)/b17-11-. The van der Waals surface area contributed by atoms with E-state index in [9.17, 15) is 9.90 Å². The molecule has 2 aromatic heterocycles. The molecule has 2 aliphatic rings. The SMILES string of the molecule is O=C1NC(O)/C(=C/c2ccnc(N3CCC(CNCc4ccncc4)CC3)n2)S1. The van der Waals surface area contributed by atoms with Crippen LogP contribution in [0.4, 0.5) is 10.7 Å². The number of piperidine rings is 1. The molecule has 8 nitrogen and oxygen atoms in total. The van der Waals surface area contributed by atoms with E-state index in [0.29, 0.717) is 22.5 Å². The fourth-order valence-electron chi connectivity index (χ4n) is 3.48. The van der Waals surface area contributed by atoms with Crippen molar-refractivity contribution >= 4 is 29.0 Å². The molecule has 1 unspecified atom stereocenters. The van der Waals surface area contributed by atoms with E-state index in [1.165, 1.54) is 5.56 Å². The highest BCUT2D eigenvalue weighted by Crippen LogP contribution is 2.28. The van der Waals surface area contributed by atoms with Gasteiger partial charge in [-0.1, -0.05) is 0 Å². The summed E-state index contributed by atoms with van der Waals surface area (Å²) in [6, 6.07) is 5.84. The van der Waals surface area contributed by atoms with Crippen molar-refractivity contribution in [2.24, 2.45) is 5.92 Å². The normalized spacial score (nSPS) is 21.6. The van der Waals surface area contributed by atoms with Crippen molar-refractivity contribution < 1.29 is 9.90 Å². The van der Waals surface area contributed by atoms with Gasteiger partial charge in [-0.05, 0) is 66.9 Å². The van der Waals surface area contributed by atoms with Crippen molar-refractivity contribution in [2.75, 3.05) is 24.5 Å². The summed E-state index contributed by atoms with van der Waals surface area (Å²) in [5, 5.41) is 15.6. The van der Waals surface area contributed by atoms with Gasteiger partial charge in [-0.3, -0.25) is 9.78 Å². The van der Waals surface area contributed by atoms with Crippen molar-refractivity contribution in [3.8, 4) is 0 Å². The predicted octanol–water partition coefficient (Wildman–Crippen LogP) is 1.99. The van der Waals surface area contributed by atoms with Gasteiger partial charge in [0, 0.05) is 43.1 Å². The number of anilines is 1. The fraction of sp³-hybridized carbons (Fsp3) is 0.400. The maximum Gasteiger partial charge on any atom is 0.285 e. The van der Waals surface area contributed by atoms with Crippen molar-refractivity contribution in [3.05, 3.63) is 53.0 Å². The molecule has 0 bridgehead atoms. The van der Waals surface area contributed by atoms with Crippen LogP contribution in [0.3, 0.4) is 0 Å². The van der Waals surface area contributed by atoms with Gasteiger partial charge >= 0.3 is 0 Å². The lowest BCUT2D eigenvalue weighted by atomic mass is 9.97. The van der Waals surface area contributed by atoms with Gasteiger partial charge in [0.2, 0.25) is 5.95 Å². The molecule has 152 valence electrons. The van der Waals surface area contributed by atoms with Crippen LogP contribution < -0.4 is 15.5 Å². The molecule has 4 heterocycles. The summed E-state index contributed by atoms with van der Waals surface area (Å²) in [5.74, 6) is 1.33. The average molecular weight is 413 g/mol. The Bertz CT molecular complexity index is 870. The first-order valence-electron chi connectivity index (χ1n) is 9.73. The van der Waals surface area contributed by atoms with Gasteiger partial charge in [0.25, 0.3) is 5.24 Å². The molecule has 0 aromatic carbocycles. The molecule has 3 N–H and O–H groups in total. The Hall–Kier alpha value is -2.49. The summed E-state index contributed by atoms with van der Waals surface area (Å²) in [7, 11) is 0. The van der Waals surface area contributed by atoms with Gasteiger partial charge in [-0.25, -0.2) is 9.97 Å². The number of aliphatic hydroxyl groups excluding tert-OH is 1. The van der Waals surface area contributed by atoms with E-state index in [1.54, 1.807) is 18.3 Å². The van der Waals surface area contributed by atoms with E-state index >= 15 is 0 Å². The quantitative estimate of drug-likeness (QED) is 0.662. The number of rotatable bonds is 6. The smallest absolute Gasteiger partial charge is 0.285 e. The first-order chi connectivity index (χ1) is 14.2. The summed E-state index contributed by atoms with van der Waals surface area (Å²) in [4.78, 5) is 27.2. The highest BCUT2D eigenvalue weighted by molar-refractivity contribution is 8.17. The predicted molar refractivity (Wildman–Crippen MR) is 113 cm³/mol. The largest absolute Gasteiger partial charge is 0.369 e. The van der Waals surface area contributed by atoms with Gasteiger partial charge in [0.05, 0.1) is 5.69 Å². The zero-order valence-electron chi connectivity index (χ0n) is 16.0. The van der Waals surface area contributed by atoms with Crippen LogP contribution in [0.1, 0.15) is 24.1 Å². The number of hydrogen-bond acceptors (Lipinski definition) is 8. The van der Waals surface area contributed by atoms with Crippen molar-refractivity contribution in [1.82, 2.24) is 25.6 Å². The summed E-state index contributed by atoms with van der Waals surface area (Å²) < 4.78 is 0. The van der Waals surface area contributed by atoms with Gasteiger partial charge in [-0.15, -0.1) is 0 Å². The number of carbonyl (C=O) groups excluding carboxylic acids is 1. The molecular weight excluding hydrogens is 388 g/mol. The van der Waals surface area contributed by atoms with Crippen LogP contribution in [-0.4, -0.2) is 51.2 Å².